The molecule has 4 aliphatic carbocycles. The van der Waals surface area contributed by atoms with E-state index in [2.05, 4.69) is 5.32 Å². The highest BCUT2D eigenvalue weighted by Gasteiger charge is 2.51. The molecular weight excluding hydrogens is 274 g/mol. The van der Waals surface area contributed by atoms with E-state index in [1.54, 1.807) is 6.08 Å². The Labute approximate surface area is 131 Å². The van der Waals surface area contributed by atoms with E-state index in [1.807, 2.05) is 30.3 Å². The van der Waals surface area contributed by atoms with Crippen molar-refractivity contribution in [2.45, 2.75) is 44.1 Å². The summed E-state index contributed by atoms with van der Waals surface area (Å²) in [4.78, 5) is 11.7. The number of hydrogen-bond donors (Lipinski definition) is 2. The first kappa shape index (κ1) is 13.9. The SMILES string of the molecule is O=C(O)/C(=C\c1ccccc1)NC12CC3CC(CC(C3)C1)C2. The van der Waals surface area contributed by atoms with Crippen molar-refractivity contribution in [1.82, 2.24) is 5.32 Å². The van der Waals surface area contributed by atoms with Crippen molar-refractivity contribution < 1.29 is 9.90 Å². The largest absolute Gasteiger partial charge is 0.477 e. The number of carboxylic acid groups (broad SMARTS) is 1. The molecule has 22 heavy (non-hydrogen) atoms. The summed E-state index contributed by atoms with van der Waals surface area (Å²) in [5, 5.41) is 13.1. The van der Waals surface area contributed by atoms with Gasteiger partial charge in [0.2, 0.25) is 0 Å². The molecule has 0 aliphatic heterocycles. The Bertz CT molecular complexity index is 570. The number of nitrogens with one attached hydrogen (secondary N) is 1. The van der Waals surface area contributed by atoms with Gasteiger partial charge in [-0.15, -0.1) is 0 Å². The first-order valence-electron chi connectivity index (χ1n) is 8.40. The van der Waals surface area contributed by atoms with Crippen molar-refractivity contribution in [3.63, 3.8) is 0 Å². The molecule has 0 spiro atoms. The number of carbonyl (C=O) groups is 1. The fourth-order valence-corrected chi connectivity index (χ4v) is 5.42. The molecule has 4 aliphatic rings. The summed E-state index contributed by atoms with van der Waals surface area (Å²) < 4.78 is 0. The lowest BCUT2D eigenvalue weighted by Crippen LogP contribution is -2.58. The van der Waals surface area contributed by atoms with Gasteiger partial charge >= 0.3 is 5.97 Å². The van der Waals surface area contributed by atoms with Crippen molar-refractivity contribution in [1.29, 1.82) is 0 Å². The van der Waals surface area contributed by atoms with E-state index in [4.69, 9.17) is 0 Å². The van der Waals surface area contributed by atoms with Crippen LogP contribution < -0.4 is 5.32 Å². The average Bonchev–Trinajstić information content (AvgIpc) is 2.46. The van der Waals surface area contributed by atoms with Crippen molar-refractivity contribution in [3.8, 4) is 0 Å². The Kier molecular flexibility index (Phi) is 3.24. The van der Waals surface area contributed by atoms with Gasteiger partial charge in [0.15, 0.2) is 0 Å². The quantitative estimate of drug-likeness (QED) is 0.834. The van der Waals surface area contributed by atoms with Gasteiger partial charge in [0.05, 0.1) is 0 Å². The van der Waals surface area contributed by atoms with Crippen molar-refractivity contribution in [2.75, 3.05) is 0 Å². The Hall–Kier alpha value is -1.77. The lowest BCUT2D eigenvalue weighted by atomic mass is 9.53. The molecule has 0 amide bonds. The maximum Gasteiger partial charge on any atom is 0.351 e. The molecule has 1 aromatic rings. The molecule has 4 fully saturated rings. The van der Waals surface area contributed by atoms with E-state index in [0.717, 1.165) is 42.6 Å². The fraction of sp³-hybridized carbons (Fsp3) is 0.526. The van der Waals surface area contributed by atoms with Gasteiger partial charge in [-0.2, -0.15) is 0 Å². The minimum Gasteiger partial charge on any atom is -0.477 e. The van der Waals surface area contributed by atoms with Crippen LogP contribution in [-0.4, -0.2) is 16.6 Å². The van der Waals surface area contributed by atoms with Crippen LogP contribution in [-0.2, 0) is 4.79 Å². The Morgan fingerprint density at radius 2 is 1.59 bits per heavy atom. The molecule has 2 N–H and O–H groups in total. The molecule has 0 radical (unpaired) electrons. The predicted molar refractivity (Wildman–Crippen MR) is 86.1 cm³/mol. The summed E-state index contributed by atoms with van der Waals surface area (Å²) in [6.07, 6.45) is 9.33. The van der Waals surface area contributed by atoms with Crippen LogP contribution in [0.2, 0.25) is 0 Å². The first-order valence-corrected chi connectivity index (χ1v) is 8.40. The zero-order valence-corrected chi connectivity index (χ0v) is 12.8. The van der Waals surface area contributed by atoms with E-state index in [-0.39, 0.29) is 5.54 Å². The molecular formula is C19H23NO2. The summed E-state index contributed by atoms with van der Waals surface area (Å²) in [7, 11) is 0. The van der Waals surface area contributed by atoms with Crippen LogP contribution in [0.15, 0.2) is 36.0 Å². The van der Waals surface area contributed by atoms with Crippen molar-refractivity contribution in [2.24, 2.45) is 17.8 Å². The van der Waals surface area contributed by atoms with Gasteiger partial charge in [0.1, 0.15) is 5.70 Å². The van der Waals surface area contributed by atoms with Gasteiger partial charge < -0.3 is 10.4 Å². The van der Waals surface area contributed by atoms with Crippen LogP contribution in [0.5, 0.6) is 0 Å². The lowest BCUT2D eigenvalue weighted by molar-refractivity contribution is -0.133. The van der Waals surface area contributed by atoms with E-state index in [0.29, 0.717) is 5.70 Å². The molecule has 4 bridgehead atoms. The summed E-state index contributed by atoms with van der Waals surface area (Å²) in [5.41, 5.74) is 1.33. The van der Waals surface area contributed by atoms with Crippen molar-refractivity contribution >= 4 is 12.0 Å². The van der Waals surface area contributed by atoms with Crippen LogP contribution in [0.25, 0.3) is 6.08 Å². The summed E-state index contributed by atoms with van der Waals surface area (Å²) in [5.74, 6) is 1.58. The summed E-state index contributed by atoms with van der Waals surface area (Å²) in [6, 6.07) is 9.73. The standard InChI is InChI=1S/C19H23NO2/c21-18(22)17(9-13-4-2-1-3-5-13)20-19-10-14-6-15(11-19)8-16(7-14)12-19/h1-5,9,14-16,20H,6-8,10-12H2,(H,21,22)/b17-9+. The molecule has 3 heteroatoms. The second-order valence-electron chi connectivity index (χ2n) is 7.60. The Morgan fingerprint density at radius 1 is 1.05 bits per heavy atom. The van der Waals surface area contributed by atoms with Gasteiger partial charge in [-0.05, 0) is 67.9 Å². The zero-order valence-electron chi connectivity index (χ0n) is 12.8. The van der Waals surface area contributed by atoms with Crippen molar-refractivity contribution in [3.05, 3.63) is 41.6 Å². The highest BCUT2D eigenvalue weighted by atomic mass is 16.4. The average molecular weight is 297 g/mol. The highest BCUT2D eigenvalue weighted by Crippen LogP contribution is 2.55. The molecule has 0 atom stereocenters. The van der Waals surface area contributed by atoms with Gasteiger partial charge in [-0.25, -0.2) is 4.79 Å². The van der Waals surface area contributed by atoms with Crippen LogP contribution >= 0.6 is 0 Å². The molecule has 0 heterocycles. The minimum atomic E-state index is -0.848. The molecule has 0 saturated heterocycles. The van der Waals surface area contributed by atoms with E-state index in [9.17, 15) is 9.90 Å². The topological polar surface area (TPSA) is 49.3 Å². The third kappa shape index (κ3) is 2.53. The lowest BCUT2D eigenvalue weighted by Gasteiger charge is -2.57. The number of carboxylic acids is 1. The summed E-state index contributed by atoms with van der Waals surface area (Å²) >= 11 is 0. The van der Waals surface area contributed by atoms with Gasteiger partial charge in [-0.1, -0.05) is 30.3 Å². The van der Waals surface area contributed by atoms with Gasteiger partial charge in [-0.3, -0.25) is 0 Å². The smallest absolute Gasteiger partial charge is 0.351 e. The zero-order chi connectivity index (χ0) is 15.2. The number of aliphatic carboxylic acids is 1. The molecule has 4 saturated carbocycles. The van der Waals surface area contributed by atoms with E-state index >= 15 is 0 Å². The second-order valence-corrected chi connectivity index (χ2v) is 7.60. The monoisotopic (exact) mass is 297 g/mol. The Morgan fingerprint density at radius 3 is 2.09 bits per heavy atom. The molecule has 3 nitrogen and oxygen atoms in total. The fourth-order valence-electron chi connectivity index (χ4n) is 5.42. The second kappa shape index (κ2) is 5.15. The van der Waals surface area contributed by atoms with Gasteiger partial charge in [0, 0.05) is 5.54 Å². The first-order chi connectivity index (χ1) is 10.6. The third-order valence-corrected chi connectivity index (χ3v) is 5.78. The van der Waals surface area contributed by atoms with E-state index in [1.165, 1.54) is 19.3 Å². The maximum atomic E-state index is 11.7. The highest BCUT2D eigenvalue weighted by molar-refractivity contribution is 5.91. The van der Waals surface area contributed by atoms with E-state index < -0.39 is 5.97 Å². The van der Waals surface area contributed by atoms with Crippen LogP contribution in [0.3, 0.4) is 0 Å². The van der Waals surface area contributed by atoms with Crippen LogP contribution in [0.4, 0.5) is 0 Å². The summed E-state index contributed by atoms with van der Waals surface area (Å²) in [6.45, 7) is 0. The van der Waals surface area contributed by atoms with Crippen LogP contribution in [0, 0.1) is 17.8 Å². The molecule has 0 unspecified atom stereocenters. The number of rotatable bonds is 4. The maximum absolute atomic E-state index is 11.7. The Balaban J connectivity index is 1.60. The molecule has 116 valence electrons. The van der Waals surface area contributed by atoms with Crippen LogP contribution in [0.1, 0.15) is 44.1 Å². The third-order valence-electron chi connectivity index (χ3n) is 5.78. The normalized spacial score (nSPS) is 36.4. The minimum absolute atomic E-state index is 0.0355. The molecule has 0 aromatic heterocycles. The predicted octanol–water partition coefficient (Wildman–Crippen LogP) is 3.67. The number of benzene rings is 1. The van der Waals surface area contributed by atoms with Gasteiger partial charge in [0.25, 0.3) is 0 Å². The molecule has 1 aromatic carbocycles. The number of hydrogen-bond acceptors (Lipinski definition) is 2. The molecule has 5 rings (SSSR count).